The number of benzene rings is 6. The normalized spacial score (nSPS) is 13.7. The van der Waals surface area contributed by atoms with Crippen LogP contribution in [0.3, 0.4) is 0 Å². The number of para-hydroxylation sites is 2. The van der Waals surface area contributed by atoms with E-state index in [1.54, 1.807) is 102 Å². The van der Waals surface area contributed by atoms with Crippen molar-refractivity contribution in [1.29, 1.82) is 0 Å². The van der Waals surface area contributed by atoms with Gasteiger partial charge in [0, 0.05) is 72.6 Å². The summed E-state index contributed by atoms with van der Waals surface area (Å²) >= 11 is 0. The van der Waals surface area contributed by atoms with E-state index < -0.39 is 49.3 Å². The highest BCUT2D eigenvalue weighted by atomic mass is 32.2. The summed E-state index contributed by atoms with van der Waals surface area (Å²) in [6.07, 6.45) is -0.220. The first-order valence-electron chi connectivity index (χ1n) is 20.9. The molecule has 2 aliphatic heterocycles. The number of ether oxygens (including phenoxy) is 2. The molecule has 0 atom stereocenters. The monoisotopic (exact) mass is 927 g/mol. The highest BCUT2D eigenvalue weighted by molar-refractivity contribution is 7.89. The first-order chi connectivity index (χ1) is 31.5. The predicted octanol–water partition coefficient (Wildman–Crippen LogP) is 6.43. The minimum absolute atomic E-state index is 0.00251. The third kappa shape index (κ3) is 7.94. The molecule has 0 unspecified atom stereocenters. The van der Waals surface area contributed by atoms with Gasteiger partial charge in [-0.2, -0.15) is 4.57 Å². The molecule has 6 aromatic carbocycles. The van der Waals surface area contributed by atoms with Crippen LogP contribution in [0.1, 0.15) is 67.8 Å². The number of carbonyl (C=O) groups excluding carboxylic acids is 3. The van der Waals surface area contributed by atoms with Gasteiger partial charge in [-0.05, 0) is 73.5 Å². The average Bonchev–Trinajstić information content (AvgIpc) is 3.57. The van der Waals surface area contributed by atoms with Crippen LogP contribution < -0.4 is 14.6 Å². The highest BCUT2D eigenvalue weighted by Gasteiger charge is 2.53. The summed E-state index contributed by atoms with van der Waals surface area (Å²) in [7, 11) is -8.98. The van der Waals surface area contributed by atoms with Crippen LogP contribution in [0.15, 0.2) is 132 Å². The molecule has 2 aliphatic rings. The Labute approximate surface area is 379 Å². The van der Waals surface area contributed by atoms with Crippen LogP contribution in [0, 0.1) is 6.92 Å². The number of amides is 2. The maximum Gasteiger partial charge on any atom is 0.340 e. The Balaban J connectivity index is 0.971. The number of phenolic OH excluding ortho intramolecular Hbond substituents is 2. The van der Waals surface area contributed by atoms with Crippen molar-refractivity contribution >= 4 is 59.7 Å². The second-order valence-electron chi connectivity index (χ2n) is 16.2. The fraction of sp³-hybridized carbons (Fsp3) is 0.184. The van der Waals surface area contributed by atoms with E-state index in [-0.39, 0.29) is 77.9 Å². The van der Waals surface area contributed by atoms with Crippen molar-refractivity contribution in [3.63, 3.8) is 0 Å². The Morgan fingerprint density at radius 1 is 0.758 bits per heavy atom. The molecular formula is C49H41N3O12S2. The molecule has 15 nitrogen and oxygen atoms in total. The fourth-order valence-electron chi connectivity index (χ4n) is 8.81. The minimum atomic E-state index is -4.49. The van der Waals surface area contributed by atoms with Crippen LogP contribution in [-0.4, -0.2) is 66.0 Å². The first kappa shape index (κ1) is 43.9. The van der Waals surface area contributed by atoms with Gasteiger partial charge < -0.3 is 29.6 Å². The van der Waals surface area contributed by atoms with E-state index in [1.165, 1.54) is 36.4 Å². The lowest BCUT2D eigenvalue weighted by molar-refractivity contribution is -0.645. The van der Waals surface area contributed by atoms with Gasteiger partial charge in [0.1, 0.15) is 23.0 Å². The van der Waals surface area contributed by atoms with Crippen LogP contribution in [-0.2, 0) is 48.4 Å². The molecule has 0 radical (unpaired) electrons. The minimum Gasteiger partial charge on any atom is -0.748 e. The average molecular weight is 928 g/mol. The number of esters is 1. The molecule has 66 heavy (non-hydrogen) atoms. The van der Waals surface area contributed by atoms with Gasteiger partial charge in [-0.3, -0.25) is 9.59 Å². The van der Waals surface area contributed by atoms with E-state index in [0.717, 1.165) is 9.87 Å². The van der Waals surface area contributed by atoms with Crippen molar-refractivity contribution in [3.05, 3.63) is 166 Å². The largest absolute Gasteiger partial charge is 0.748 e. The van der Waals surface area contributed by atoms with Gasteiger partial charge in [-0.15, -0.1) is 0 Å². The number of hydrogen-bond acceptors (Lipinski definition) is 12. The van der Waals surface area contributed by atoms with E-state index in [4.69, 9.17) is 9.47 Å². The van der Waals surface area contributed by atoms with Gasteiger partial charge in [-0.1, -0.05) is 54.1 Å². The summed E-state index contributed by atoms with van der Waals surface area (Å²) in [6, 6.07) is 33.8. The number of hydrogen-bond donors (Lipinski definition) is 3. The second kappa shape index (κ2) is 16.9. The van der Waals surface area contributed by atoms with Crippen LogP contribution in [0.4, 0.5) is 0 Å². The summed E-state index contributed by atoms with van der Waals surface area (Å²) < 4.78 is 78.1. The number of nitrogens with one attached hydrogen (secondary N) is 1. The summed E-state index contributed by atoms with van der Waals surface area (Å²) in [6.45, 7) is 1.57. The van der Waals surface area contributed by atoms with Gasteiger partial charge >= 0.3 is 5.97 Å². The maximum absolute atomic E-state index is 15.0. The molecule has 0 aliphatic carbocycles. The molecule has 7 aromatic rings. The molecule has 1 spiro atoms. The van der Waals surface area contributed by atoms with Crippen molar-refractivity contribution in [2.24, 2.45) is 0 Å². The molecule has 1 aromatic heterocycles. The Bertz CT molecular complexity index is 3270. The highest BCUT2D eigenvalue weighted by Crippen LogP contribution is 2.57. The fourth-order valence-corrected chi connectivity index (χ4v) is 10.7. The van der Waals surface area contributed by atoms with Crippen molar-refractivity contribution in [1.82, 2.24) is 9.62 Å². The zero-order chi connectivity index (χ0) is 46.5. The van der Waals surface area contributed by atoms with E-state index in [2.05, 4.69) is 5.32 Å². The summed E-state index contributed by atoms with van der Waals surface area (Å²) in [4.78, 5) is 41.9. The van der Waals surface area contributed by atoms with Gasteiger partial charge in [0.15, 0.2) is 12.1 Å². The lowest BCUT2D eigenvalue weighted by Crippen LogP contribution is -2.41. The molecule has 9 rings (SSSR count). The standard InChI is InChI=1S/C49H41N3O12S2/c1-30-13-18-34(19-14-30)66(61,62)52(47(56)46-35-8-2-4-10-41(35)51(23-7-25-65(58,59)60)42-11-5-3-9-36(42)46)24-6-12-45(55)50-29-31-15-20-38-37(26-31)48(57)64-49(38)39-21-16-32(53)27-43(39)63-44-28-33(54)17-22-40(44)49/h2-5,8-11,13-22,26-28H,6-7,12,23-25,29H2,1H3,(H3-,50,53,54,55,58,59,60). The molecule has 17 heteroatoms. The predicted molar refractivity (Wildman–Crippen MR) is 239 cm³/mol. The van der Waals surface area contributed by atoms with Crippen LogP contribution in [0.5, 0.6) is 23.0 Å². The lowest BCUT2D eigenvalue weighted by Gasteiger charge is -2.36. The Kier molecular flexibility index (Phi) is 11.2. The molecule has 0 fully saturated rings. The number of pyridine rings is 1. The molecule has 2 amide bonds. The third-order valence-corrected chi connectivity index (χ3v) is 14.4. The second-order valence-corrected chi connectivity index (χ2v) is 19.6. The quantitative estimate of drug-likeness (QED) is 0.0493. The number of carbonyl (C=O) groups is 3. The number of nitrogens with zero attached hydrogens (tertiary/aromatic N) is 2. The Morgan fingerprint density at radius 2 is 1.35 bits per heavy atom. The summed E-state index contributed by atoms with van der Waals surface area (Å²) in [5.41, 5.74) is 2.71. The molecule has 3 N–H and O–H groups in total. The maximum atomic E-state index is 15.0. The molecule has 336 valence electrons. The van der Waals surface area contributed by atoms with Gasteiger partial charge in [0.2, 0.25) is 16.9 Å². The Morgan fingerprint density at radius 3 is 1.95 bits per heavy atom. The number of rotatable bonds is 13. The lowest BCUT2D eigenvalue weighted by atomic mass is 9.77. The third-order valence-electron chi connectivity index (χ3n) is 11.8. The number of aromatic hydroxyl groups is 2. The molecule has 3 heterocycles. The topological polar surface area (TPSA) is 221 Å². The van der Waals surface area contributed by atoms with Crippen molar-refractivity contribution in [3.8, 4) is 23.0 Å². The van der Waals surface area contributed by atoms with Crippen molar-refractivity contribution < 1.29 is 60.0 Å². The zero-order valence-corrected chi connectivity index (χ0v) is 36.9. The van der Waals surface area contributed by atoms with E-state index in [0.29, 0.717) is 44.1 Å². The van der Waals surface area contributed by atoms with E-state index >= 15 is 0 Å². The number of aryl methyl sites for hydroxylation is 2. The number of aromatic nitrogens is 1. The number of sulfonamides is 1. The van der Waals surface area contributed by atoms with Gasteiger partial charge in [0.05, 0.1) is 36.9 Å². The zero-order valence-electron chi connectivity index (χ0n) is 35.3. The van der Waals surface area contributed by atoms with Crippen molar-refractivity contribution in [2.45, 2.75) is 49.8 Å². The van der Waals surface area contributed by atoms with E-state index in [1.807, 2.05) is 0 Å². The van der Waals surface area contributed by atoms with E-state index in [9.17, 15) is 46.0 Å². The van der Waals surface area contributed by atoms with Crippen molar-refractivity contribution in [2.75, 3.05) is 12.3 Å². The van der Waals surface area contributed by atoms with Gasteiger partial charge in [0.25, 0.3) is 15.9 Å². The number of fused-ring (bicyclic) bond motifs is 8. The molecule has 0 bridgehead atoms. The molecular weight excluding hydrogens is 887 g/mol. The summed E-state index contributed by atoms with van der Waals surface area (Å²) in [5.74, 6) is -2.18. The molecule has 0 saturated carbocycles. The SMILES string of the molecule is Cc1ccc(S(=O)(=O)N(CCCC(=O)NCc2ccc3c(c2)C(=O)OC32c3ccc(O)cc3Oc3cc(O)ccc32)C(=O)c2c3ccccc3[n+](CCCS(=O)(=O)[O-])c3ccccc23)cc1. The Hall–Kier alpha value is -7.34. The first-order valence-corrected chi connectivity index (χ1v) is 24.0. The van der Waals surface area contributed by atoms with Crippen LogP contribution in [0.25, 0.3) is 21.8 Å². The number of phenols is 2. The summed E-state index contributed by atoms with van der Waals surface area (Å²) in [5, 5.41) is 24.1. The van der Waals surface area contributed by atoms with Crippen LogP contribution in [0.2, 0.25) is 0 Å². The smallest absolute Gasteiger partial charge is 0.340 e. The van der Waals surface area contributed by atoms with Crippen LogP contribution >= 0.6 is 0 Å². The molecule has 0 saturated heterocycles. The van der Waals surface area contributed by atoms with Gasteiger partial charge in [-0.25, -0.2) is 25.9 Å².